The first-order valence-corrected chi connectivity index (χ1v) is 6.31. The van der Waals surface area contributed by atoms with Crippen molar-refractivity contribution in [3.05, 3.63) is 0 Å². The third kappa shape index (κ3) is 4.89. The van der Waals surface area contributed by atoms with Crippen LogP contribution in [0.1, 0.15) is 26.2 Å². The molecule has 0 aromatic rings. The summed E-state index contributed by atoms with van der Waals surface area (Å²) in [5, 5.41) is 13.1. The second-order valence-corrected chi connectivity index (χ2v) is 5.34. The highest BCUT2D eigenvalue weighted by molar-refractivity contribution is 7.99. The monoisotopic (exact) mass is 203 g/mol. The van der Waals surface area contributed by atoms with Crippen molar-refractivity contribution < 1.29 is 5.11 Å². The third-order valence-corrected chi connectivity index (χ3v) is 3.85. The lowest BCUT2D eigenvalue weighted by Gasteiger charge is -2.22. The van der Waals surface area contributed by atoms with Crippen LogP contribution in [0, 0.1) is 5.92 Å². The number of aliphatic hydroxyl groups is 1. The second kappa shape index (κ2) is 6.68. The Morgan fingerprint density at radius 3 is 3.00 bits per heavy atom. The molecule has 13 heavy (non-hydrogen) atoms. The highest BCUT2D eigenvalue weighted by Crippen LogP contribution is 2.24. The van der Waals surface area contributed by atoms with E-state index in [0.717, 1.165) is 18.3 Å². The molecule has 0 aromatic heterocycles. The van der Waals surface area contributed by atoms with Gasteiger partial charge in [-0.05, 0) is 31.1 Å². The summed E-state index contributed by atoms with van der Waals surface area (Å²) in [7, 11) is 0. The molecule has 0 radical (unpaired) electrons. The van der Waals surface area contributed by atoms with E-state index in [2.05, 4.69) is 24.0 Å². The number of thioether (sulfide) groups is 1. The molecular weight excluding hydrogens is 182 g/mol. The van der Waals surface area contributed by atoms with Crippen molar-refractivity contribution >= 4 is 11.8 Å². The van der Waals surface area contributed by atoms with Gasteiger partial charge in [0, 0.05) is 18.4 Å². The molecule has 3 heteroatoms. The minimum absolute atomic E-state index is 0.296. The Balaban J connectivity index is 1.98. The van der Waals surface area contributed by atoms with Crippen LogP contribution in [0.5, 0.6) is 0 Å². The SMILES string of the molecule is CC(CO)CNCC1CCCCS1. The molecule has 2 nitrogen and oxygen atoms in total. The van der Waals surface area contributed by atoms with Crippen molar-refractivity contribution in [3.8, 4) is 0 Å². The van der Waals surface area contributed by atoms with Crippen molar-refractivity contribution in [1.29, 1.82) is 0 Å². The Morgan fingerprint density at radius 2 is 2.38 bits per heavy atom. The largest absolute Gasteiger partial charge is 0.396 e. The number of hydrogen-bond donors (Lipinski definition) is 2. The predicted molar refractivity (Wildman–Crippen MR) is 59.2 cm³/mol. The fourth-order valence-corrected chi connectivity index (χ4v) is 2.80. The zero-order valence-electron chi connectivity index (χ0n) is 8.46. The van der Waals surface area contributed by atoms with E-state index < -0.39 is 0 Å². The molecule has 0 bridgehead atoms. The van der Waals surface area contributed by atoms with Gasteiger partial charge in [0.05, 0.1) is 0 Å². The van der Waals surface area contributed by atoms with Crippen molar-refractivity contribution in [2.45, 2.75) is 31.4 Å². The summed E-state index contributed by atoms with van der Waals surface area (Å²) in [6.07, 6.45) is 4.16. The molecule has 2 atom stereocenters. The van der Waals surface area contributed by atoms with E-state index in [9.17, 15) is 0 Å². The molecule has 0 amide bonds. The first-order chi connectivity index (χ1) is 6.33. The van der Waals surface area contributed by atoms with Crippen LogP contribution in [0.2, 0.25) is 0 Å². The molecule has 0 spiro atoms. The molecule has 0 aliphatic carbocycles. The van der Waals surface area contributed by atoms with Crippen LogP contribution in [0.4, 0.5) is 0 Å². The van der Waals surface area contributed by atoms with Gasteiger partial charge in [-0.15, -0.1) is 0 Å². The summed E-state index contributed by atoms with van der Waals surface area (Å²) >= 11 is 2.10. The number of aliphatic hydroxyl groups excluding tert-OH is 1. The van der Waals surface area contributed by atoms with E-state index >= 15 is 0 Å². The standard InChI is InChI=1S/C10H21NOS/c1-9(8-12)6-11-7-10-4-2-3-5-13-10/h9-12H,2-8H2,1H3. The zero-order valence-corrected chi connectivity index (χ0v) is 9.28. The highest BCUT2D eigenvalue weighted by Gasteiger charge is 2.13. The maximum Gasteiger partial charge on any atom is 0.0468 e. The van der Waals surface area contributed by atoms with Gasteiger partial charge in [-0.1, -0.05) is 13.3 Å². The molecule has 1 heterocycles. The van der Waals surface area contributed by atoms with Crippen LogP contribution < -0.4 is 5.32 Å². The van der Waals surface area contributed by atoms with E-state index in [1.807, 2.05) is 0 Å². The predicted octanol–water partition coefficient (Wildman–Crippen LogP) is 1.49. The summed E-state index contributed by atoms with van der Waals surface area (Å²) < 4.78 is 0. The second-order valence-electron chi connectivity index (χ2n) is 3.93. The van der Waals surface area contributed by atoms with E-state index in [1.165, 1.54) is 25.0 Å². The van der Waals surface area contributed by atoms with E-state index in [4.69, 9.17) is 5.11 Å². The molecule has 1 aliphatic heterocycles. The maximum atomic E-state index is 8.83. The first kappa shape index (κ1) is 11.3. The fourth-order valence-electron chi connectivity index (χ4n) is 1.52. The number of hydrogen-bond acceptors (Lipinski definition) is 3. The average Bonchev–Trinajstić information content (AvgIpc) is 2.19. The minimum atomic E-state index is 0.296. The van der Waals surface area contributed by atoms with Gasteiger partial charge in [-0.2, -0.15) is 11.8 Å². The summed E-state index contributed by atoms with van der Waals surface area (Å²) in [6, 6.07) is 0. The van der Waals surface area contributed by atoms with Crippen molar-refractivity contribution in [1.82, 2.24) is 5.32 Å². The van der Waals surface area contributed by atoms with Crippen LogP contribution in [0.3, 0.4) is 0 Å². The van der Waals surface area contributed by atoms with E-state index in [0.29, 0.717) is 12.5 Å². The zero-order chi connectivity index (χ0) is 9.52. The summed E-state index contributed by atoms with van der Waals surface area (Å²) in [5.41, 5.74) is 0. The Labute approximate surface area is 85.5 Å². The quantitative estimate of drug-likeness (QED) is 0.710. The van der Waals surface area contributed by atoms with Crippen molar-refractivity contribution in [2.75, 3.05) is 25.4 Å². The van der Waals surface area contributed by atoms with Crippen molar-refractivity contribution in [3.63, 3.8) is 0 Å². The van der Waals surface area contributed by atoms with Crippen LogP contribution in [0.25, 0.3) is 0 Å². The molecule has 2 N–H and O–H groups in total. The first-order valence-electron chi connectivity index (χ1n) is 5.26. The fraction of sp³-hybridized carbons (Fsp3) is 1.00. The van der Waals surface area contributed by atoms with Gasteiger partial charge < -0.3 is 10.4 Å². The molecule has 0 saturated carbocycles. The molecule has 1 rings (SSSR count). The molecular formula is C10H21NOS. The molecule has 1 fully saturated rings. The lowest BCUT2D eigenvalue weighted by molar-refractivity contribution is 0.234. The van der Waals surface area contributed by atoms with Gasteiger partial charge in [-0.25, -0.2) is 0 Å². The van der Waals surface area contributed by atoms with E-state index in [-0.39, 0.29) is 0 Å². The summed E-state index contributed by atoms with van der Waals surface area (Å²) in [4.78, 5) is 0. The van der Waals surface area contributed by atoms with Gasteiger partial charge in [0.15, 0.2) is 0 Å². The normalized spacial score (nSPS) is 25.8. The van der Waals surface area contributed by atoms with Gasteiger partial charge >= 0.3 is 0 Å². The molecule has 2 unspecified atom stereocenters. The summed E-state index contributed by atoms with van der Waals surface area (Å²) in [6.45, 7) is 4.44. The maximum absolute atomic E-state index is 8.83. The lowest BCUT2D eigenvalue weighted by atomic mass is 10.1. The Kier molecular flexibility index (Phi) is 5.83. The molecule has 1 saturated heterocycles. The van der Waals surface area contributed by atoms with Crippen LogP contribution in [0.15, 0.2) is 0 Å². The van der Waals surface area contributed by atoms with Crippen LogP contribution in [-0.4, -0.2) is 35.8 Å². The molecule has 1 aliphatic rings. The lowest BCUT2D eigenvalue weighted by Crippen LogP contribution is -2.31. The van der Waals surface area contributed by atoms with Gasteiger partial charge in [0.1, 0.15) is 0 Å². The van der Waals surface area contributed by atoms with Crippen LogP contribution in [-0.2, 0) is 0 Å². The van der Waals surface area contributed by atoms with Gasteiger partial charge in [0.2, 0.25) is 0 Å². The van der Waals surface area contributed by atoms with Crippen LogP contribution >= 0.6 is 11.8 Å². The minimum Gasteiger partial charge on any atom is -0.396 e. The third-order valence-electron chi connectivity index (χ3n) is 2.45. The topological polar surface area (TPSA) is 32.3 Å². The van der Waals surface area contributed by atoms with Gasteiger partial charge in [0.25, 0.3) is 0 Å². The summed E-state index contributed by atoms with van der Waals surface area (Å²) in [5.74, 6) is 1.73. The Morgan fingerprint density at radius 1 is 1.54 bits per heavy atom. The molecule has 0 aromatic carbocycles. The van der Waals surface area contributed by atoms with E-state index in [1.54, 1.807) is 0 Å². The van der Waals surface area contributed by atoms with Gasteiger partial charge in [-0.3, -0.25) is 0 Å². The highest BCUT2D eigenvalue weighted by atomic mass is 32.2. The number of nitrogens with one attached hydrogen (secondary N) is 1. The smallest absolute Gasteiger partial charge is 0.0468 e. The average molecular weight is 203 g/mol. The van der Waals surface area contributed by atoms with Crippen molar-refractivity contribution in [2.24, 2.45) is 5.92 Å². The Hall–Kier alpha value is 0.270. The number of rotatable bonds is 5. The Bertz CT molecular complexity index is 126. The molecule has 78 valence electrons.